The van der Waals surface area contributed by atoms with Crippen LogP contribution in [-0.2, 0) is 14.3 Å². The van der Waals surface area contributed by atoms with Crippen LogP contribution >= 0.6 is 0 Å². The summed E-state index contributed by atoms with van der Waals surface area (Å²) in [5, 5.41) is 13.9. The van der Waals surface area contributed by atoms with E-state index in [9.17, 15) is 9.59 Å². The standard InChI is InChI=1S/C5H8O4.C2H3N/c1-9-5(8)3-2-4(6)7;1-2-3/h2-3H2,1H3,(H,6,7);3H,1H2. The summed E-state index contributed by atoms with van der Waals surface area (Å²) < 4.78 is 4.20. The van der Waals surface area contributed by atoms with Crippen LogP contribution in [0.1, 0.15) is 12.8 Å². The van der Waals surface area contributed by atoms with Crippen molar-refractivity contribution >= 4 is 17.8 Å². The number of methoxy groups -OCH3 is 1. The average molecular weight is 173 g/mol. The highest BCUT2D eigenvalue weighted by Crippen LogP contribution is 1.89. The Kier molecular flexibility index (Phi) is 10.2. The first-order valence-corrected chi connectivity index (χ1v) is 3.05. The number of hydrogen-bond acceptors (Lipinski definition) is 4. The minimum atomic E-state index is -0.986. The van der Waals surface area contributed by atoms with Crippen molar-refractivity contribution in [3.8, 4) is 0 Å². The lowest BCUT2D eigenvalue weighted by Gasteiger charge is -1.92. The highest BCUT2D eigenvalue weighted by atomic mass is 16.5. The Balaban J connectivity index is 0. The van der Waals surface area contributed by atoms with Crippen molar-refractivity contribution < 1.29 is 19.4 Å². The van der Waals surface area contributed by atoms with Gasteiger partial charge in [-0.1, -0.05) is 0 Å². The SMILES string of the molecule is C=C=N.COC(=O)CCC(=O)O. The maximum absolute atomic E-state index is 10.2. The third kappa shape index (κ3) is 15.8. The van der Waals surface area contributed by atoms with Crippen molar-refractivity contribution in [1.82, 2.24) is 0 Å². The molecule has 12 heavy (non-hydrogen) atoms. The number of ether oxygens (including phenoxy) is 1. The van der Waals surface area contributed by atoms with E-state index in [1.165, 1.54) is 7.11 Å². The molecule has 0 aliphatic rings. The topological polar surface area (TPSA) is 87.5 Å². The summed E-state index contributed by atoms with van der Waals surface area (Å²) in [4.78, 5) is 20.0. The second kappa shape index (κ2) is 9.39. The minimum absolute atomic E-state index is 0.0498. The Hall–Kier alpha value is -1.61. The molecule has 0 saturated heterocycles. The van der Waals surface area contributed by atoms with Crippen LogP contribution in [0, 0.1) is 5.41 Å². The largest absolute Gasteiger partial charge is 0.481 e. The van der Waals surface area contributed by atoms with Crippen LogP contribution in [0.2, 0.25) is 0 Å². The zero-order chi connectivity index (χ0) is 9.98. The van der Waals surface area contributed by atoms with E-state index < -0.39 is 11.9 Å². The molecular weight excluding hydrogens is 162 g/mol. The molecule has 5 nitrogen and oxygen atoms in total. The zero-order valence-corrected chi connectivity index (χ0v) is 6.79. The number of carbonyl (C=O) groups excluding carboxylic acids is 1. The van der Waals surface area contributed by atoms with E-state index in [0.717, 1.165) is 0 Å². The Bertz CT molecular complexity index is 182. The molecule has 0 aliphatic heterocycles. The van der Waals surface area contributed by atoms with Crippen LogP contribution < -0.4 is 0 Å². The summed E-state index contributed by atoms with van der Waals surface area (Å²) in [6.07, 6.45) is -0.210. The van der Waals surface area contributed by atoms with Crippen molar-refractivity contribution in [2.75, 3.05) is 7.11 Å². The molecule has 0 heterocycles. The lowest BCUT2D eigenvalue weighted by Crippen LogP contribution is -2.04. The van der Waals surface area contributed by atoms with Crippen LogP contribution in [0.3, 0.4) is 0 Å². The highest BCUT2D eigenvalue weighted by Gasteiger charge is 2.02. The summed E-state index contributed by atoms with van der Waals surface area (Å²) in [6.45, 7) is 2.90. The van der Waals surface area contributed by atoms with Gasteiger partial charge in [0, 0.05) is 0 Å². The Morgan fingerprint density at radius 1 is 1.58 bits per heavy atom. The predicted octanol–water partition coefficient (Wildman–Crippen LogP) is 0.445. The smallest absolute Gasteiger partial charge is 0.306 e. The third-order valence-electron chi connectivity index (χ3n) is 0.771. The second-order valence-electron chi connectivity index (χ2n) is 1.65. The maximum atomic E-state index is 10.2. The molecule has 0 rings (SSSR count). The van der Waals surface area contributed by atoms with E-state index in [4.69, 9.17) is 10.5 Å². The van der Waals surface area contributed by atoms with Gasteiger partial charge >= 0.3 is 11.9 Å². The van der Waals surface area contributed by atoms with Gasteiger partial charge < -0.3 is 9.84 Å². The summed E-state index contributed by atoms with van der Waals surface area (Å²) in [5.41, 5.74) is 0. The molecule has 0 fully saturated rings. The molecule has 0 amide bonds. The highest BCUT2D eigenvalue weighted by molar-refractivity contribution is 5.76. The molecule has 0 atom stereocenters. The normalized spacial score (nSPS) is 7.08. The van der Waals surface area contributed by atoms with Gasteiger partial charge in [0.1, 0.15) is 0 Å². The van der Waals surface area contributed by atoms with Crippen molar-refractivity contribution in [2.45, 2.75) is 12.8 Å². The molecule has 0 bridgehead atoms. The van der Waals surface area contributed by atoms with E-state index in [1.807, 2.05) is 0 Å². The molecular formula is C7H11NO4. The summed E-state index contributed by atoms with van der Waals surface area (Å²) >= 11 is 0. The first-order chi connectivity index (χ1) is 5.58. The van der Waals surface area contributed by atoms with Crippen LogP contribution in [0.25, 0.3) is 0 Å². The zero-order valence-electron chi connectivity index (χ0n) is 6.79. The molecule has 0 unspecified atom stereocenters. The van der Waals surface area contributed by atoms with Crippen molar-refractivity contribution in [3.05, 3.63) is 6.58 Å². The fourth-order valence-electron chi connectivity index (χ4n) is 0.311. The number of carbonyl (C=O) groups is 2. The number of aliphatic carboxylic acids is 1. The van der Waals surface area contributed by atoms with Gasteiger partial charge in [0.2, 0.25) is 0 Å². The Labute approximate surface area is 70.2 Å². The number of carboxylic acids is 1. The predicted molar refractivity (Wildman–Crippen MR) is 42.2 cm³/mol. The van der Waals surface area contributed by atoms with Crippen LogP contribution in [-0.4, -0.2) is 30.0 Å². The fourth-order valence-corrected chi connectivity index (χ4v) is 0.311. The van der Waals surface area contributed by atoms with E-state index in [0.29, 0.717) is 0 Å². The first kappa shape index (κ1) is 13.0. The summed E-state index contributed by atoms with van der Waals surface area (Å²) in [6, 6.07) is 0. The van der Waals surface area contributed by atoms with Gasteiger partial charge in [0.05, 0.1) is 20.0 Å². The average Bonchev–Trinajstić information content (AvgIpc) is 2.01. The quantitative estimate of drug-likeness (QED) is 0.479. The molecule has 0 aromatic carbocycles. The second-order valence-corrected chi connectivity index (χ2v) is 1.65. The van der Waals surface area contributed by atoms with E-state index in [1.54, 1.807) is 5.87 Å². The Morgan fingerprint density at radius 3 is 2.25 bits per heavy atom. The van der Waals surface area contributed by atoms with Gasteiger partial charge in [-0.3, -0.25) is 15.0 Å². The number of esters is 1. The van der Waals surface area contributed by atoms with Crippen LogP contribution in [0.4, 0.5) is 0 Å². The van der Waals surface area contributed by atoms with E-state index in [-0.39, 0.29) is 12.8 Å². The third-order valence-corrected chi connectivity index (χ3v) is 0.771. The lowest BCUT2D eigenvalue weighted by atomic mass is 10.3. The molecule has 0 aliphatic carbocycles. The van der Waals surface area contributed by atoms with Gasteiger partial charge in [-0.15, -0.1) is 0 Å². The summed E-state index contributed by atoms with van der Waals surface area (Å²) in [7, 11) is 1.23. The van der Waals surface area contributed by atoms with Gasteiger partial charge in [-0.2, -0.15) is 0 Å². The van der Waals surface area contributed by atoms with Gasteiger partial charge in [0.15, 0.2) is 0 Å². The monoisotopic (exact) mass is 173 g/mol. The molecule has 0 radical (unpaired) electrons. The van der Waals surface area contributed by atoms with E-state index in [2.05, 4.69) is 11.3 Å². The van der Waals surface area contributed by atoms with Crippen LogP contribution in [0.15, 0.2) is 6.58 Å². The van der Waals surface area contributed by atoms with Gasteiger partial charge in [0.25, 0.3) is 0 Å². The molecule has 5 heteroatoms. The molecule has 2 N–H and O–H groups in total. The number of hydrogen-bond donors (Lipinski definition) is 2. The van der Waals surface area contributed by atoms with Gasteiger partial charge in [-0.05, 0) is 12.4 Å². The lowest BCUT2D eigenvalue weighted by molar-refractivity contribution is -0.145. The van der Waals surface area contributed by atoms with Crippen molar-refractivity contribution in [3.63, 3.8) is 0 Å². The molecule has 68 valence electrons. The summed E-state index contributed by atoms with van der Waals surface area (Å²) in [5.74, 6) is 0.276. The van der Waals surface area contributed by atoms with Crippen molar-refractivity contribution in [1.29, 1.82) is 5.41 Å². The maximum Gasteiger partial charge on any atom is 0.306 e. The molecule has 0 spiro atoms. The number of nitrogens with one attached hydrogen (secondary N) is 1. The molecule has 0 saturated carbocycles. The molecule has 0 aromatic rings. The molecule has 0 aromatic heterocycles. The number of carboxylic acid groups (broad SMARTS) is 1. The van der Waals surface area contributed by atoms with Gasteiger partial charge in [-0.25, -0.2) is 0 Å². The minimum Gasteiger partial charge on any atom is -0.481 e. The fraction of sp³-hybridized carbons (Fsp3) is 0.429. The van der Waals surface area contributed by atoms with E-state index >= 15 is 0 Å². The number of rotatable bonds is 3. The van der Waals surface area contributed by atoms with Crippen molar-refractivity contribution in [2.24, 2.45) is 0 Å². The van der Waals surface area contributed by atoms with Crippen LogP contribution in [0.5, 0.6) is 0 Å². The first-order valence-electron chi connectivity index (χ1n) is 3.05. The Morgan fingerprint density at radius 2 is 2.00 bits per heavy atom.